The van der Waals surface area contributed by atoms with Crippen molar-refractivity contribution in [2.45, 2.75) is 56.8 Å². The Labute approximate surface area is 145 Å². The van der Waals surface area contributed by atoms with Crippen molar-refractivity contribution in [3.8, 4) is 0 Å². The summed E-state index contributed by atoms with van der Waals surface area (Å²) in [7, 11) is -3.47. The van der Waals surface area contributed by atoms with Crippen LogP contribution in [0.5, 0.6) is 0 Å². The molecule has 1 atom stereocenters. The van der Waals surface area contributed by atoms with E-state index >= 15 is 0 Å². The molecule has 1 unspecified atom stereocenters. The van der Waals surface area contributed by atoms with Gasteiger partial charge in [-0.15, -0.1) is 0 Å². The van der Waals surface area contributed by atoms with Crippen LogP contribution < -0.4 is 5.14 Å². The molecule has 1 rings (SSSR count). The zero-order chi connectivity index (χ0) is 18.8. The van der Waals surface area contributed by atoms with Crippen LogP contribution in [0.15, 0.2) is 33.2 Å². The normalized spacial score (nSPS) is 15.6. The minimum atomic E-state index is -2.96. The first-order chi connectivity index (χ1) is 10.7. The third kappa shape index (κ3) is 5.91. The molecule has 0 radical (unpaired) electrons. The predicted molar refractivity (Wildman–Crippen MR) is 99.0 cm³/mol. The van der Waals surface area contributed by atoms with Crippen LogP contribution in [0.4, 0.5) is 8.78 Å². The van der Waals surface area contributed by atoms with E-state index in [2.05, 4.69) is 24.8 Å². The molecular weight excluding hydrogens is 348 g/mol. The van der Waals surface area contributed by atoms with Crippen molar-refractivity contribution in [2.24, 2.45) is 9.17 Å². The maximum Gasteiger partial charge on any atom is 0.251 e. The second kappa shape index (κ2) is 7.59. The Morgan fingerprint density at radius 3 is 2.17 bits per heavy atom. The number of nitrogens with two attached hydrogens (primary N) is 1. The van der Waals surface area contributed by atoms with E-state index in [1.54, 1.807) is 36.2 Å². The van der Waals surface area contributed by atoms with Crippen LogP contribution in [-0.2, 0) is 16.5 Å². The quantitative estimate of drug-likeness (QED) is 0.759. The second-order valence-electron chi connectivity index (χ2n) is 7.70. The Morgan fingerprint density at radius 2 is 1.75 bits per heavy atom. The molecule has 1 aromatic rings. The number of halogens is 2. The fourth-order valence-corrected chi connectivity index (χ4v) is 6.69. The highest BCUT2D eigenvalue weighted by molar-refractivity contribution is 7.92. The van der Waals surface area contributed by atoms with Crippen LogP contribution in [0.1, 0.15) is 26.3 Å². The van der Waals surface area contributed by atoms with Gasteiger partial charge in [0, 0.05) is 6.54 Å². The second-order valence-corrected chi connectivity index (χ2v) is 14.7. The number of alkyl halides is 2. The van der Waals surface area contributed by atoms with Gasteiger partial charge in [-0.2, -0.15) is 0 Å². The highest BCUT2D eigenvalue weighted by Gasteiger charge is 2.37. The molecule has 0 aromatic heterocycles. The summed E-state index contributed by atoms with van der Waals surface area (Å²) in [5.74, 6) is 0. The van der Waals surface area contributed by atoms with Gasteiger partial charge in [0.1, 0.15) is 9.92 Å². The lowest BCUT2D eigenvalue weighted by Crippen LogP contribution is -2.37. The largest absolute Gasteiger partial charge is 0.297 e. The number of hydrogen-bond donors (Lipinski definition) is 1. The van der Waals surface area contributed by atoms with E-state index in [9.17, 15) is 13.0 Å². The molecule has 0 aliphatic rings. The fraction of sp³-hybridized carbons (Fsp3) is 0.625. The fourth-order valence-electron chi connectivity index (χ4n) is 1.93. The van der Waals surface area contributed by atoms with Crippen molar-refractivity contribution in [3.63, 3.8) is 0 Å². The van der Waals surface area contributed by atoms with Crippen molar-refractivity contribution < 1.29 is 13.0 Å². The molecule has 0 spiro atoms. The molecule has 0 bridgehead atoms. The summed E-state index contributed by atoms with van der Waals surface area (Å²) in [6, 6.07) is 6.91. The summed E-state index contributed by atoms with van der Waals surface area (Å²) < 4.78 is 42.1. The highest BCUT2D eigenvalue weighted by atomic mass is 32.2. The highest BCUT2D eigenvalue weighted by Crippen LogP contribution is 2.37. The SMILES string of the molecule is CN(Cc1ccc(S(N)(=O)=N[Si](C)(C)C(C)(C)C)cc1)CC(F)F. The lowest BCUT2D eigenvalue weighted by atomic mass is 10.2. The average Bonchev–Trinajstić information content (AvgIpc) is 2.35. The molecular formula is C16H29F2N3OSSi. The first-order valence-electron chi connectivity index (χ1n) is 7.86. The molecule has 0 fully saturated rings. The Balaban J connectivity index is 3.01. The van der Waals surface area contributed by atoms with Gasteiger partial charge in [0.15, 0.2) is 8.24 Å². The molecule has 0 heterocycles. The van der Waals surface area contributed by atoms with Crippen LogP contribution in [0.2, 0.25) is 18.1 Å². The molecule has 138 valence electrons. The Bertz CT molecular complexity index is 663. The van der Waals surface area contributed by atoms with Gasteiger partial charge in [0.05, 0.1) is 11.4 Å². The molecule has 0 saturated carbocycles. The van der Waals surface area contributed by atoms with E-state index < -0.39 is 24.6 Å². The lowest BCUT2D eigenvalue weighted by molar-refractivity contribution is 0.0975. The minimum Gasteiger partial charge on any atom is -0.297 e. The minimum absolute atomic E-state index is 0.0487. The van der Waals surface area contributed by atoms with E-state index in [-0.39, 0.29) is 11.6 Å². The van der Waals surface area contributed by atoms with Gasteiger partial charge >= 0.3 is 0 Å². The van der Waals surface area contributed by atoms with E-state index in [1.165, 1.54) is 0 Å². The van der Waals surface area contributed by atoms with Crippen molar-refractivity contribution in [3.05, 3.63) is 29.8 Å². The summed E-state index contributed by atoms with van der Waals surface area (Å²) in [6.07, 6.45) is -2.36. The zero-order valence-electron chi connectivity index (χ0n) is 15.3. The summed E-state index contributed by atoms with van der Waals surface area (Å²) in [5.41, 5.74) is 0.865. The van der Waals surface area contributed by atoms with Gasteiger partial charge in [-0.05, 0) is 42.9 Å². The Kier molecular flexibility index (Phi) is 6.71. The molecule has 0 saturated heterocycles. The van der Waals surface area contributed by atoms with Crippen LogP contribution >= 0.6 is 0 Å². The zero-order valence-corrected chi connectivity index (χ0v) is 17.2. The molecule has 0 aliphatic carbocycles. The molecule has 8 heteroatoms. The van der Waals surface area contributed by atoms with Crippen molar-refractivity contribution in [2.75, 3.05) is 13.6 Å². The van der Waals surface area contributed by atoms with Gasteiger partial charge in [-0.3, -0.25) is 8.93 Å². The summed E-state index contributed by atoms with van der Waals surface area (Å²) in [4.78, 5) is 2.02. The van der Waals surface area contributed by atoms with Gasteiger partial charge in [0.2, 0.25) is 0 Å². The third-order valence-electron chi connectivity index (χ3n) is 4.36. The average molecular weight is 378 g/mol. The molecule has 0 aliphatic heterocycles. The van der Waals surface area contributed by atoms with Crippen molar-refractivity contribution in [1.29, 1.82) is 0 Å². The van der Waals surface area contributed by atoms with Gasteiger partial charge in [-0.1, -0.05) is 32.9 Å². The topological polar surface area (TPSA) is 58.7 Å². The van der Waals surface area contributed by atoms with E-state index in [0.29, 0.717) is 11.4 Å². The Hall–Kier alpha value is -0.833. The number of rotatable bonds is 6. The van der Waals surface area contributed by atoms with E-state index in [0.717, 1.165) is 5.56 Å². The van der Waals surface area contributed by atoms with Gasteiger partial charge < -0.3 is 0 Å². The Morgan fingerprint density at radius 1 is 1.25 bits per heavy atom. The third-order valence-corrected chi connectivity index (χ3v) is 11.9. The van der Waals surface area contributed by atoms with Crippen LogP contribution in [0.3, 0.4) is 0 Å². The smallest absolute Gasteiger partial charge is 0.251 e. The van der Waals surface area contributed by atoms with Crippen molar-refractivity contribution in [1.82, 2.24) is 4.90 Å². The first-order valence-corrected chi connectivity index (χ1v) is 12.4. The first kappa shape index (κ1) is 21.2. The summed E-state index contributed by atoms with van der Waals surface area (Å²) >= 11 is 0. The number of benzene rings is 1. The lowest BCUT2D eigenvalue weighted by Gasteiger charge is -2.32. The van der Waals surface area contributed by atoms with Crippen LogP contribution in [0.25, 0.3) is 0 Å². The van der Waals surface area contributed by atoms with Crippen molar-refractivity contribution >= 4 is 18.2 Å². The predicted octanol–water partition coefficient (Wildman–Crippen LogP) is 4.09. The monoisotopic (exact) mass is 377 g/mol. The molecule has 2 N–H and O–H groups in total. The molecule has 4 nitrogen and oxygen atoms in total. The number of nitrogens with zero attached hydrogens (tertiary/aromatic N) is 2. The summed E-state index contributed by atoms with van der Waals surface area (Å²) in [5, 5.41) is 5.98. The van der Waals surface area contributed by atoms with E-state index in [4.69, 9.17) is 5.14 Å². The standard InChI is InChI=1S/C16H29F2N3OSSi/c1-16(2,3)24(5,6)20-23(19,22)14-9-7-13(8-10-14)11-21(4)12-15(17)18/h7-10,15H,11-12H2,1-6H3,(H2,19,20,22). The maximum atomic E-state index is 12.9. The van der Waals surface area contributed by atoms with Gasteiger partial charge in [-0.25, -0.2) is 18.1 Å². The summed E-state index contributed by atoms with van der Waals surface area (Å²) in [6.45, 7) is 10.5. The van der Waals surface area contributed by atoms with E-state index in [1.807, 2.05) is 13.1 Å². The van der Waals surface area contributed by atoms with Crippen LogP contribution in [-0.4, -0.2) is 37.4 Å². The maximum absolute atomic E-state index is 12.9. The van der Waals surface area contributed by atoms with Gasteiger partial charge in [0.25, 0.3) is 6.43 Å². The molecule has 24 heavy (non-hydrogen) atoms. The van der Waals surface area contributed by atoms with Crippen LogP contribution in [0, 0.1) is 0 Å². The number of hydrogen-bond acceptors (Lipinski definition) is 3. The molecule has 1 aromatic carbocycles. The molecule has 0 amide bonds.